The standard InChI is InChI=1S/C14H22FNO3/c1-10(2)6-16-7-11-3-12(15)5-14(4-11)19-9-13(18)8-17/h3-5,10,13,16-18H,6-9H2,1-2H3. The molecule has 4 nitrogen and oxygen atoms in total. The highest BCUT2D eigenvalue weighted by Gasteiger charge is 2.06. The van der Waals surface area contributed by atoms with Crippen molar-refractivity contribution in [3.8, 4) is 5.75 Å². The molecule has 1 unspecified atom stereocenters. The lowest BCUT2D eigenvalue weighted by Gasteiger charge is -2.12. The largest absolute Gasteiger partial charge is 0.491 e. The number of benzene rings is 1. The van der Waals surface area contributed by atoms with Crippen LogP contribution in [0.25, 0.3) is 0 Å². The van der Waals surface area contributed by atoms with E-state index in [0.29, 0.717) is 18.2 Å². The summed E-state index contributed by atoms with van der Waals surface area (Å²) in [6.07, 6.45) is -0.953. The molecule has 0 spiro atoms. The topological polar surface area (TPSA) is 61.7 Å². The highest BCUT2D eigenvalue weighted by atomic mass is 19.1. The fourth-order valence-corrected chi connectivity index (χ4v) is 1.56. The first kappa shape index (κ1) is 15.9. The SMILES string of the molecule is CC(C)CNCc1cc(F)cc(OCC(O)CO)c1. The molecular weight excluding hydrogens is 249 g/mol. The van der Waals surface area contributed by atoms with Crippen LogP contribution >= 0.6 is 0 Å². The van der Waals surface area contributed by atoms with Gasteiger partial charge in [0.2, 0.25) is 0 Å². The minimum absolute atomic E-state index is 0.0567. The van der Waals surface area contributed by atoms with Crippen molar-refractivity contribution >= 4 is 0 Å². The van der Waals surface area contributed by atoms with Crippen molar-refractivity contribution in [2.24, 2.45) is 5.92 Å². The van der Waals surface area contributed by atoms with Crippen LogP contribution in [0.2, 0.25) is 0 Å². The summed E-state index contributed by atoms with van der Waals surface area (Å²) in [6, 6.07) is 4.43. The maximum Gasteiger partial charge on any atom is 0.127 e. The molecule has 0 radical (unpaired) electrons. The molecule has 0 aliphatic rings. The number of ether oxygens (including phenoxy) is 1. The first-order chi connectivity index (χ1) is 9.01. The lowest BCUT2D eigenvalue weighted by atomic mass is 10.2. The second-order valence-corrected chi connectivity index (χ2v) is 4.97. The fourth-order valence-electron chi connectivity index (χ4n) is 1.56. The summed E-state index contributed by atoms with van der Waals surface area (Å²) in [5.74, 6) is 0.509. The smallest absolute Gasteiger partial charge is 0.127 e. The second kappa shape index (κ2) is 8.09. The molecule has 5 heteroatoms. The zero-order chi connectivity index (χ0) is 14.3. The number of rotatable bonds is 8. The van der Waals surface area contributed by atoms with Crippen molar-refractivity contribution in [3.05, 3.63) is 29.6 Å². The highest BCUT2D eigenvalue weighted by Crippen LogP contribution is 2.16. The van der Waals surface area contributed by atoms with Gasteiger partial charge in [-0.15, -0.1) is 0 Å². The van der Waals surface area contributed by atoms with Gasteiger partial charge in [-0.05, 0) is 30.2 Å². The summed E-state index contributed by atoms with van der Waals surface area (Å²) in [5.41, 5.74) is 0.786. The summed E-state index contributed by atoms with van der Waals surface area (Å²) in [7, 11) is 0. The van der Waals surface area contributed by atoms with Gasteiger partial charge in [0.1, 0.15) is 24.3 Å². The Morgan fingerprint density at radius 1 is 1.32 bits per heavy atom. The van der Waals surface area contributed by atoms with Gasteiger partial charge in [0.15, 0.2) is 0 Å². The van der Waals surface area contributed by atoms with Crippen molar-refractivity contribution < 1.29 is 19.3 Å². The van der Waals surface area contributed by atoms with Crippen molar-refractivity contribution in [3.63, 3.8) is 0 Å². The van der Waals surface area contributed by atoms with Gasteiger partial charge in [-0.25, -0.2) is 4.39 Å². The summed E-state index contributed by atoms with van der Waals surface area (Å²) < 4.78 is 18.6. The predicted molar refractivity (Wildman–Crippen MR) is 71.5 cm³/mol. The third-order valence-electron chi connectivity index (χ3n) is 2.47. The van der Waals surface area contributed by atoms with Gasteiger partial charge < -0.3 is 20.3 Å². The summed E-state index contributed by atoms with van der Waals surface area (Å²) in [4.78, 5) is 0. The third-order valence-corrected chi connectivity index (χ3v) is 2.47. The van der Waals surface area contributed by atoms with E-state index in [-0.39, 0.29) is 19.0 Å². The molecule has 1 aromatic rings. The number of aliphatic hydroxyl groups excluding tert-OH is 2. The summed E-state index contributed by atoms with van der Waals surface area (Å²) in [5, 5.41) is 21.1. The van der Waals surface area contributed by atoms with E-state index in [2.05, 4.69) is 19.2 Å². The van der Waals surface area contributed by atoms with Gasteiger partial charge in [0, 0.05) is 12.6 Å². The predicted octanol–water partition coefficient (Wildman–Crippen LogP) is 1.30. The van der Waals surface area contributed by atoms with Crippen LogP contribution in [0.15, 0.2) is 18.2 Å². The van der Waals surface area contributed by atoms with E-state index in [1.165, 1.54) is 12.1 Å². The van der Waals surface area contributed by atoms with E-state index in [1.54, 1.807) is 6.07 Å². The van der Waals surface area contributed by atoms with E-state index in [1.807, 2.05) is 0 Å². The molecule has 0 amide bonds. The van der Waals surface area contributed by atoms with E-state index in [0.717, 1.165) is 12.1 Å². The van der Waals surface area contributed by atoms with Crippen LogP contribution in [0.5, 0.6) is 5.75 Å². The van der Waals surface area contributed by atoms with Crippen LogP contribution < -0.4 is 10.1 Å². The number of nitrogens with one attached hydrogen (secondary N) is 1. The van der Waals surface area contributed by atoms with E-state index in [9.17, 15) is 9.50 Å². The highest BCUT2D eigenvalue weighted by molar-refractivity contribution is 5.29. The monoisotopic (exact) mass is 271 g/mol. The molecule has 0 saturated heterocycles. The number of aliphatic hydroxyl groups is 2. The first-order valence-electron chi connectivity index (χ1n) is 6.43. The molecule has 3 N–H and O–H groups in total. The molecule has 0 aromatic heterocycles. The molecule has 1 atom stereocenters. The Bertz CT molecular complexity index is 385. The van der Waals surface area contributed by atoms with Crippen LogP contribution in [0.3, 0.4) is 0 Å². The van der Waals surface area contributed by atoms with Crippen molar-refractivity contribution in [1.29, 1.82) is 0 Å². The van der Waals surface area contributed by atoms with Crippen LogP contribution in [0.1, 0.15) is 19.4 Å². The average molecular weight is 271 g/mol. The van der Waals surface area contributed by atoms with Crippen molar-refractivity contribution in [1.82, 2.24) is 5.32 Å². The molecule has 0 saturated carbocycles. The Morgan fingerprint density at radius 2 is 2.05 bits per heavy atom. The Morgan fingerprint density at radius 3 is 2.68 bits per heavy atom. The van der Waals surface area contributed by atoms with Gasteiger partial charge in [-0.2, -0.15) is 0 Å². The quantitative estimate of drug-likeness (QED) is 0.667. The lowest BCUT2D eigenvalue weighted by molar-refractivity contribution is 0.0535. The maximum absolute atomic E-state index is 13.4. The first-order valence-corrected chi connectivity index (χ1v) is 6.43. The number of hydrogen-bond donors (Lipinski definition) is 3. The minimum Gasteiger partial charge on any atom is -0.491 e. The molecule has 0 fully saturated rings. The average Bonchev–Trinajstić information content (AvgIpc) is 2.35. The molecule has 19 heavy (non-hydrogen) atoms. The minimum atomic E-state index is -0.953. The molecule has 0 heterocycles. The molecule has 1 rings (SSSR count). The van der Waals surface area contributed by atoms with Crippen LogP contribution in [-0.2, 0) is 6.54 Å². The van der Waals surface area contributed by atoms with E-state index >= 15 is 0 Å². The molecule has 0 aliphatic heterocycles. The second-order valence-electron chi connectivity index (χ2n) is 4.97. The Hall–Kier alpha value is -1.17. The van der Waals surface area contributed by atoms with Gasteiger partial charge in [0.05, 0.1) is 6.61 Å². The number of halogens is 1. The lowest BCUT2D eigenvalue weighted by Crippen LogP contribution is -2.21. The zero-order valence-electron chi connectivity index (χ0n) is 11.4. The summed E-state index contributed by atoms with van der Waals surface area (Å²) in [6.45, 7) is 5.19. The fraction of sp³-hybridized carbons (Fsp3) is 0.571. The maximum atomic E-state index is 13.4. The molecule has 0 bridgehead atoms. The molecule has 108 valence electrons. The van der Waals surface area contributed by atoms with Gasteiger partial charge in [0.25, 0.3) is 0 Å². The van der Waals surface area contributed by atoms with Crippen LogP contribution in [0.4, 0.5) is 4.39 Å². The molecule has 1 aromatic carbocycles. The van der Waals surface area contributed by atoms with Gasteiger partial charge >= 0.3 is 0 Å². The summed E-state index contributed by atoms with van der Waals surface area (Å²) >= 11 is 0. The van der Waals surface area contributed by atoms with E-state index < -0.39 is 6.10 Å². The Labute approximate surface area is 113 Å². The normalized spacial score (nSPS) is 12.7. The zero-order valence-corrected chi connectivity index (χ0v) is 11.4. The third kappa shape index (κ3) is 6.52. The van der Waals surface area contributed by atoms with Gasteiger partial charge in [-0.3, -0.25) is 0 Å². The van der Waals surface area contributed by atoms with Crippen LogP contribution in [-0.4, -0.2) is 36.1 Å². The Kier molecular flexibility index (Phi) is 6.77. The van der Waals surface area contributed by atoms with Crippen molar-refractivity contribution in [2.75, 3.05) is 19.8 Å². The van der Waals surface area contributed by atoms with E-state index in [4.69, 9.17) is 9.84 Å². The molecular formula is C14H22FNO3. The van der Waals surface area contributed by atoms with Gasteiger partial charge in [-0.1, -0.05) is 13.8 Å². The van der Waals surface area contributed by atoms with Crippen molar-refractivity contribution in [2.45, 2.75) is 26.5 Å². The Balaban J connectivity index is 2.55. The van der Waals surface area contributed by atoms with Crippen LogP contribution in [0, 0.1) is 11.7 Å². The number of hydrogen-bond acceptors (Lipinski definition) is 4. The molecule has 0 aliphatic carbocycles.